The highest BCUT2D eigenvalue weighted by Gasteiger charge is 2.07. The first-order valence-electron chi connectivity index (χ1n) is 5.79. The zero-order valence-corrected chi connectivity index (χ0v) is 12.5. The maximum atomic E-state index is 12.0. The predicted molar refractivity (Wildman–Crippen MR) is 85.6 cm³/mol. The fourth-order valence-corrected chi connectivity index (χ4v) is 2.19. The number of benzene rings is 2. The van der Waals surface area contributed by atoms with Crippen molar-refractivity contribution in [1.82, 2.24) is 0 Å². The van der Waals surface area contributed by atoms with Crippen molar-refractivity contribution < 1.29 is 9.72 Å². The number of non-ortho nitro benzene ring substituents is 1. The van der Waals surface area contributed by atoms with Gasteiger partial charge in [-0.25, -0.2) is 0 Å². The largest absolute Gasteiger partial charge is 0.289 e. The van der Waals surface area contributed by atoms with Gasteiger partial charge in [0, 0.05) is 21.3 Å². The molecule has 0 saturated carbocycles. The number of carbonyl (C=O) groups excluding carboxylic acids is 1. The van der Waals surface area contributed by atoms with Crippen LogP contribution in [-0.4, -0.2) is 10.7 Å². The normalized spacial score (nSPS) is 10.7. The molecule has 0 N–H and O–H groups in total. The average Bonchev–Trinajstić information content (AvgIpc) is 2.46. The monoisotopic (exact) mass is 379 g/mol. The van der Waals surface area contributed by atoms with E-state index in [4.69, 9.17) is 0 Å². The number of rotatable bonds is 4. The summed E-state index contributed by atoms with van der Waals surface area (Å²) >= 11 is 2.20. The van der Waals surface area contributed by atoms with Gasteiger partial charge in [0.25, 0.3) is 5.69 Å². The maximum Gasteiger partial charge on any atom is 0.269 e. The Hall–Kier alpha value is -2.02. The van der Waals surface area contributed by atoms with Crippen LogP contribution in [0.2, 0.25) is 0 Å². The highest BCUT2D eigenvalue weighted by atomic mass is 127. The third-order valence-corrected chi connectivity index (χ3v) is 3.66. The molecule has 0 amide bonds. The van der Waals surface area contributed by atoms with Gasteiger partial charge < -0.3 is 0 Å². The molecule has 0 saturated heterocycles. The lowest BCUT2D eigenvalue weighted by molar-refractivity contribution is -0.384. The number of nitro groups is 1. The molecule has 20 heavy (non-hydrogen) atoms. The van der Waals surface area contributed by atoms with E-state index in [9.17, 15) is 14.9 Å². The highest BCUT2D eigenvalue weighted by molar-refractivity contribution is 14.1. The maximum absolute atomic E-state index is 12.0. The van der Waals surface area contributed by atoms with Crippen LogP contribution in [0.4, 0.5) is 5.69 Å². The predicted octanol–water partition coefficient (Wildman–Crippen LogP) is 4.10. The van der Waals surface area contributed by atoms with Gasteiger partial charge in [0.1, 0.15) is 0 Å². The van der Waals surface area contributed by atoms with Crippen LogP contribution in [0.1, 0.15) is 15.9 Å². The lowest BCUT2D eigenvalue weighted by Crippen LogP contribution is -1.95. The molecule has 0 spiro atoms. The Balaban J connectivity index is 2.16. The summed E-state index contributed by atoms with van der Waals surface area (Å²) in [5, 5.41) is 10.5. The number of hydrogen-bond acceptors (Lipinski definition) is 3. The molecule has 0 bridgehead atoms. The Morgan fingerprint density at radius 2 is 1.75 bits per heavy atom. The van der Waals surface area contributed by atoms with Crippen molar-refractivity contribution in [3.05, 3.63) is 79.4 Å². The molecule has 0 aliphatic heterocycles. The number of hydrogen-bond donors (Lipinski definition) is 0. The van der Waals surface area contributed by atoms with Crippen molar-refractivity contribution in [1.29, 1.82) is 0 Å². The van der Waals surface area contributed by atoms with Crippen LogP contribution in [-0.2, 0) is 0 Å². The van der Waals surface area contributed by atoms with Gasteiger partial charge in [0.15, 0.2) is 5.78 Å². The molecule has 5 heteroatoms. The Morgan fingerprint density at radius 3 is 2.35 bits per heavy atom. The molecule has 4 nitrogen and oxygen atoms in total. The molecule has 0 unspecified atom stereocenters. The summed E-state index contributed by atoms with van der Waals surface area (Å²) in [4.78, 5) is 22.0. The first-order valence-corrected chi connectivity index (χ1v) is 6.87. The SMILES string of the molecule is O=C(/C=C/c1ccccc1I)c1ccc([N+](=O)[O-])cc1. The van der Waals surface area contributed by atoms with E-state index in [1.165, 1.54) is 30.3 Å². The number of nitro benzene ring substituents is 1. The molecule has 0 aromatic heterocycles. The molecule has 0 fully saturated rings. The third kappa shape index (κ3) is 3.51. The van der Waals surface area contributed by atoms with Crippen LogP contribution in [0, 0.1) is 13.7 Å². The summed E-state index contributed by atoms with van der Waals surface area (Å²) in [7, 11) is 0. The zero-order valence-electron chi connectivity index (χ0n) is 10.3. The quantitative estimate of drug-likeness (QED) is 0.264. The van der Waals surface area contributed by atoms with E-state index in [1.54, 1.807) is 6.08 Å². The van der Waals surface area contributed by atoms with Crippen LogP contribution in [0.25, 0.3) is 6.08 Å². The number of halogens is 1. The molecule has 0 atom stereocenters. The first-order chi connectivity index (χ1) is 9.58. The van der Waals surface area contributed by atoms with E-state index in [2.05, 4.69) is 22.6 Å². The van der Waals surface area contributed by atoms with Crippen molar-refractivity contribution in [2.24, 2.45) is 0 Å². The molecular weight excluding hydrogens is 369 g/mol. The summed E-state index contributed by atoms with van der Waals surface area (Å²) in [5.74, 6) is -0.181. The fraction of sp³-hybridized carbons (Fsp3) is 0. The Labute approximate surface area is 129 Å². The second-order valence-corrected chi connectivity index (χ2v) is 5.19. The molecule has 0 heterocycles. The van der Waals surface area contributed by atoms with E-state index in [0.717, 1.165) is 9.13 Å². The van der Waals surface area contributed by atoms with Gasteiger partial charge in [-0.05, 0) is 52.4 Å². The van der Waals surface area contributed by atoms with Crippen LogP contribution in [0.3, 0.4) is 0 Å². The van der Waals surface area contributed by atoms with Gasteiger partial charge in [0.2, 0.25) is 0 Å². The first kappa shape index (κ1) is 14.4. The molecule has 0 aliphatic rings. The van der Waals surface area contributed by atoms with E-state index >= 15 is 0 Å². The van der Waals surface area contributed by atoms with Gasteiger partial charge in [0.05, 0.1) is 4.92 Å². The Morgan fingerprint density at radius 1 is 1.10 bits per heavy atom. The Kier molecular flexibility index (Phi) is 4.62. The molecule has 0 radical (unpaired) electrons. The van der Waals surface area contributed by atoms with Crippen molar-refractivity contribution >= 4 is 40.1 Å². The van der Waals surface area contributed by atoms with Crippen molar-refractivity contribution in [2.75, 3.05) is 0 Å². The zero-order chi connectivity index (χ0) is 14.5. The van der Waals surface area contributed by atoms with Gasteiger partial charge in [-0.1, -0.05) is 24.3 Å². The number of allylic oxidation sites excluding steroid dienone is 1. The van der Waals surface area contributed by atoms with Crippen molar-refractivity contribution in [3.63, 3.8) is 0 Å². The minimum absolute atomic E-state index is 0.0249. The van der Waals surface area contributed by atoms with Crippen LogP contribution < -0.4 is 0 Å². The average molecular weight is 379 g/mol. The second kappa shape index (κ2) is 6.42. The van der Waals surface area contributed by atoms with E-state index < -0.39 is 4.92 Å². The number of nitrogens with zero attached hydrogens (tertiary/aromatic N) is 1. The van der Waals surface area contributed by atoms with E-state index in [1.807, 2.05) is 24.3 Å². The van der Waals surface area contributed by atoms with Crippen LogP contribution >= 0.6 is 22.6 Å². The third-order valence-electron chi connectivity index (χ3n) is 2.68. The Bertz CT molecular complexity index is 678. The van der Waals surface area contributed by atoms with Gasteiger partial charge >= 0.3 is 0 Å². The molecule has 2 aromatic carbocycles. The van der Waals surface area contributed by atoms with E-state index in [-0.39, 0.29) is 11.5 Å². The van der Waals surface area contributed by atoms with Gasteiger partial charge in [-0.15, -0.1) is 0 Å². The standard InChI is InChI=1S/C15H10INO3/c16-14-4-2-1-3-11(14)7-10-15(18)12-5-8-13(9-6-12)17(19)20/h1-10H/b10-7+. The van der Waals surface area contributed by atoms with Crippen molar-refractivity contribution in [3.8, 4) is 0 Å². The van der Waals surface area contributed by atoms with E-state index in [0.29, 0.717) is 5.56 Å². The van der Waals surface area contributed by atoms with Crippen LogP contribution in [0.15, 0.2) is 54.6 Å². The van der Waals surface area contributed by atoms with Crippen LogP contribution in [0.5, 0.6) is 0 Å². The topological polar surface area (TPSA) is 60.2 Å². The summed E-state index contributed by atoms with van der Waals surface area (Å²) < 4.78 is 1.05. The molecule has 2 aromatic rings. The highest BCUT2D eigenvalue weighted by Crippen LogP contribution is 2.15. The summed E-state index contributed by atoms with van der Waals surface area (Å²) in [6.07, 6.45) is 3.21. The number of ketones is 1. The summed E-state index contributed by atoms with van der Waals surface area (Å²) in [6.45, 7) is 0. The summed E-state index contributed by atoms with van der Waals surface area (Å²) in [6, 6.07) is 13.3. The van der Waals surface area contributed by atoms with Crippen molar-refractivity contribution in [2.45, 2.75) is 0 Å². The smallest absolute Gasteiger partial charge is 0.269 e. The lowest BCUT2D eigenvalue weighted by Gasteiger charge is -1.98. The minimum Gasteiger partial charge on any atom is -0.289 e. The second-order valence-electron chi connectivity index (χ2n) is 4.02. The molecular formula is C15H10INO3. The lowest BCUT2D eigenvalue weighted by atomic mass is 10.1. The minimum atomic E-state index is -0.490. The number of carbonyl (C=O) groups is 1. The molecule has 2 rings (SSSR count). The molecule has 100 valence electrons. The molecule has 0 aliphatic carbocycles. The van der Waals surface area contributed by atoms with Gasteiger partial charge in [-0.2, -0.15) is 0 Å². The fourth-order valence-electron chi connectivity index (χ4n) is 1.62. The summed E-state index contributed by atoms with van der Waals surface area (Å²) in [5.41, 5.74) is 1.37. The van der Waals surface area contributed by atoms with Gasteiger partial charge in [-0.3, -0.25) is 14.9 Å².